The Balaban J connectivity index is 1.40. The molecule has 0 bridgehead atoms. The van der Waals surface area contributed by atoms with E-state index in [1.165, 1.54) is 6.08 Å². The minimum Gasteiger partial charge on any atom is -0.484 e. The molecule has 5 heterocycles. The quantitative estimate of drug-likeness (QED) is 0.244. The molecule has 2 aliphatic carbocycles. The van der Waals surface area contributed by atoms with Crippen LogP contribution in [0.1, 0.15) is 82.5 Å². The number of pyridine rings is 2. The molecule has 0 spiro atoms. The average Bonchev–Trinajstić information content (AvgIpc) is 3.79. The first kappa shape index (κ1) is 29.5. The number of fused-ring (bicyclic) bond motifs is 6. The van der Waals surface area contributed by atoms with Crippen molar-refractivity contribution in [3.8, 4) is 17.0 Å². The molecule has 240 valence electrons. The smallest absolute Gasteiger partial charge is 0.297 e. The molecule has 46 heavy (non-hydrogen) atoms. The number of anilines is 1. The predicted octanol–water partition coefficient (Wildman–Crippen LogP) is 6.90. The van der Waals surface area contributed by atoms with Crippen LogP contribution >= 0.6 is 11.6 Å². The number of aromatic amines is 1. The number of nitrogens with one attached hydrogen (secondary N) is 1. The van der Waals surface area contributed by atoms with Crippen molar-refractivity contribution in [3.05, 3.63) is 57.5 Å². The molecule has 3 atom stereocenters. The van der Waals surface area contributed by atoms with Crippen molar-refractivity contribution in [1.29, 1.82) is 0 Å². The van der Waals surface area contributed by atoms with E-state index in [0.29, 0.717) is 47.7 Å². The number of halogens is 1. The van der Waals surface area contributed by atoms with Crippen molar-refractivity contribution in [1.82, 2.24) is 24.6 Å². The zero-order chi connectivity index (χ0) is 32.1. The van der Waals surface area contributed by atoms with E-state index in [4.69, 9.17) is 26.4 Å². The van der Waals surface area contributed by atoms with Crippen LogP contribution in [0.15, 0.2) is 35.6 Å². The van der Waals surface area contributed by atoms with Gasteiger partial charge < -0.3 is 14.5 Å². The number of hydrogen-bond donors (Lipinski definition) is 1. The maximum Gasteiger partial charge on any atom is 0.297 e. The summed E-state index contributed by atoms with van der Waals surface area (Å²) in [5.41, 5.74) is 5.87. The molecule has 1 aromatic carbocycles. The van der Waals surface area contributed by atoms with E-state index < -0.39 is 0 Å². The van der Waals surface area contributed by atoms with Crippen molar-refractivity contribution in [2.24, 2.45) is 5.41 Å². The van der Waals surface area contributed by atoms with Gasteiger partial charge in [0.2, 0.25) is 11.7 Å². The Morgan fingerprint density at radius 2 is 2.00 bits per heavy atom. The predicted molar refractivity (Wildman–Crippen MR) is 182 cm³/mol. The number of benzene rings is 1. The van der Waals surface area contributed by atoms with Crippen molar-refractivity contribution < 1.29 is 9.53 Å². The van der Waals surface area contributed by atoms with Gasteiger partial charge in [-0.15, -0.1) is 0 Å². The monoisotopic (exact) mass is 640 g/mol. The van der Waals surface area contributed by atoms with E-state index in [9.17, 15) is 9.59 Å². The summed E-state index contributed by atoms with van der Waals surface area (Å²) in [7, 11) is 0. The Morgan fingerprint density at radius 1 is 1.20 bits per heavy atom. The van der Waals surface area contributed by atoms with Gasteiger partial charge in [-0.3, -0.25) is 19.3 Å². The molecule has 4 aromatic rings. The lowest BCUT2D eigenvalue weighted by Crippen LogP contribution is -2.62. The third-order valence-corrected chi connectivity index (χ3v) is 11.3. The van der Waals surface area contributed by atoms with Crippen LogP contribution < -0.4 is 15.2 Å². The largest absolute Gasteiger partial charge is 0.484 e. The number of amides is 1. The standard InChI is InChI=1S/C36H41ClN6O3/c1-6-27(44)41-17-22-18-46-33-32(42(22)16-20(41)3)23-15-24(37)31(28-19(2)10-13-25-29(28)30(40-39-25)21-11-12-21)38-34(23)43(35(33)45)26-9-7-8-14-36(26,4)5/h6,10,13,15,20-22,26H,1,7-9,11-12,14,16-18H2,2-5H3,(H,39,40). The van der Waals surface area contributed by atoms with Gasteiger partial charge >= 0.3 is 0 Å². The second-order valence-electron chi connectivity index (χ2n) is 14.5. The van der Waals surface area contributed by atoms with Crippen LogP contribution in [0, 0.1) is 12.3 Å². The molecular weight excluding hydrogens is 600 g/mol. The van der Waals surface area contributed by atoms with Crippen molar-refractivity contribution in [2.45, 2.75) is 90.3 Å². The molecule has 3 fully saturated rings. The van der Waals surface area contributed by atoms with Gasteiger partial charge in [0.25, 0.3) is 5.56 Å². The summed E-state index contributed by atoms with van der Waals surface area (Å²) < 4.78 is 8.31. The molecule has 10 heteroatoms. The topological polar surface area (TPSA) is 96.3 Å². The molecule has 2 saturated carbocycles. The third-order valence-electron chi connectivity index (χ3n) is 11.0. The average molecular weight is 641 g/mol. The zero-order valence-electron chi connectivity index (χ0n) is 27.0. The lowest BCUT2D eigenvalue weighted by molar-refractivity contribution is -0.129. The molecule has 1 saturated heterocycles. The van der Waals surface area contributed by atoms with E-state index in [2.05, 4.69) is 49.5 Å². The van der Waals surface area contributed by atoms with Crippen LogP contribution in [0.4, 0.5) is 5.69 Å². The van der Waals surface area contributed by atoms with Gasteiger partial charge in [-0.2, -0.15) is 5.10 Å². The van der Waals surface area contributed by atoms with Crippen molar-refractivity contribution in [2.75, 3.05) is 24.6 Å². The minimum atomic E-state index is -0.143. The third kappa shape index (κ3) is 4.41. The Hall–Kier alpha value is -3.85. The lowest BCUT2D eigenvalue weighted by Gasteiger charge is -2.49. The van der Waals surface area contributed by atoms with E-state index >= 15 is 0 Å². The van der Waals surface area contributed by atoms with Crippen LogP contribution in [0.25, 0.3) is 33.2 Å². The number of carbonyl (C=O) groups excluding carboxylic acids is 1. The summed E-state index contributed by atoms with van der Waals surface area (Å²) in [5.74, 6) is 0.696. The molecule has 2 aliphatic heterocycles. The fraction of sp³-hybridized carbons (Fsp3) is 0.500. The number of hydrogen-bond acceptors (Lipinski definition) is 6. The van der Waals surface area contributed by atoms with Gasteiger partial charge in [0, 0.05) is 47.4 Å². The number of aryl methyl sites for hydroxylation is 1. The number of ether oxygens (including phenoxy) is 1. The molecule has 3 aromatic heterocycles. The number of aromatic nitrogens is 4. The number of rotatable bonds is 4. The highest BCUT2D eigenvalue weighted by molar-refractivity contribution is 6.34. The van der Waals surface area contributed by atoms with Gasteiger partial charge in [-0.25, -0.2) is 4.98 Å². The van der Waals surface area contributed by atoms with E-state index in [1.54, 1.807) is 0 Å². The summed E-state index contributed by atoms with van der Waals surface area (Å²) in [4.78, 5) is 36.9. The summed E-state index contributed by atoms with van der Waals surface area (Å²) in [6.07, 6.45) is 7.73. The second kappa shape index (κ2) is 10.6. The minimum absolute atomic E-state index is 0.0433. The molecule has 3 unspecified atom stereocenters. The van der Waals surface area contributed by atoms with E-state index in [-0.39, 0.29) is 35.0 Å². The molecule has 1 amide bonds. The second-order valence-corrected chi connectivity index (χ2v) is 14.9. The number of piperazine rings is 1. The van der Waals surface area contributed by atoms with E-state index in [1.807, 2.05) is 22.5 Å². The highest BCUT2D eigenvalue weighted by atomic mass is 35.5. The van der Waals surface area contributed by atoms with Crippen molar-refractivity contribution >= 4 is 45.1 Å². The van der Waals surface area contributed by atoms with Crippen molar-refractivity contribution in [3.63, 3.8) is 0 Å². The Labute approximate surface area is 273 Å². The first-order valence-corrected chi connectivity index (χ1v) is 17.1. The molecule has 9 nitrogen and oxygen atoms in total. The first-order chi connectivity index (χ1) is 22.1. The summed E-state index contributed by atoms with van der Waals surface area (Å²) in [5, 5.41) is 10.4. The highest BCUT2D eigenvalue weighted by Gasteiger charge is 2.43. The van der Waals surface area contributed by atoms with E-state index in [0.717, 1.165) is 77.3 Å². The summed E-state index contributed by atoms with van der Waals surface area (Å²) >= 11 is 7.28. The normalized spacial score (nSPS) is 24.1. The fourth-order valence-corrected chi connectivity index (χ4v) is 8.60. The summed E-state index contributed by atoms with van der Waals surface area (Å²) in [6.45, 7) is 13.7. The van der Waals surface area contributed by atoms with Gasteiger partial charge in [-0.05, 0) is 68.7 Å². The fourth-order valence-electron chi connectivity index (χ4n) is 8.36. The number of carbonyl (C=O) groups is 1. The molecule has 4 aliphatic rings. The maximum absolute atomic E-state index is 14.8. The number of H-pyrrole nitrogens is 1. The number of nitrogens with zero attached hydrogens (tertiary/aromatic N) is 5. The SMILES string of the molecule is C=CC(=O)N1CC2COc3c(c4cc(Cl)c(-c5c(C)ccc6[nH]nc(C7CC7)c56)nc4n(C4CCCCC4(C)C)c3=O)N2CC1C. The van der Waals surface area contributed by atoms with Crippen LogP contribution in [0.2, 0.25) is 5.02 Å². The lowest BCUT2D eigenvalue weighted by atomic mass is 9.73. The van der Waals surface area contributed by atoms with Gasteiger partial charge in [0.15, 0.2) is 0 Å². The summed E-state index contributed by atoms with van der Waals surface area (Å²) in [6, 6.07) is 5.93. The van der Waals surface area contributed by atoms with Gasteiger partial charge in [-0.1, -0.05) is 50.9 Å². The van der Waals surface area contributed by atoms with Crippen LogP contribution in [-0.4, -0.2) is 62.3 Å². The van der Waals surface area contributed by atoms with Crippen LogP contribution in [0.5, 0.6) is 5.75 Å². The zero-order valence-corrected chi connectivity index (χ0v) is 27.8. The van der Waals surface area contributed by atoms with Crippen LogP contribution in [0.3, 0.4) is 0 Å². The molecule has 1 N–H and O–H groups in total. The Bertz CT molecular complexity index is 1990. The Morgan fingerprint density at radius 3 is 2.74 bits per heavy atom. The van der Waals surface area contributed by atoms with Gasteiger partial charge in [0.1, 0.15) is 12.3 Å². The molecular formula is C36H41ClN6O3. The molecule has 8 rings (SSSR count). The first-order valence-electron chi connectivity index (χ1n) is 16.7. The Kier molecular flexibility index (Phi) is 6.80. The van der Waals surface area contributed by atoms with Crippen LogP contribution in [-0.2, 0) is 4.79 Å². The maximum atomic E-state index is 14.8. The highest BCUT2D eigenvalue weighted by Crippen LogP contribution is 2.49. The molecule has 0 radical (unpaired) electrons. The van der Waals surface area contributed by atoms with Gasteiger partial charge in [0.05, 0.1) is 33.7 Å².